The monoisotopic (exact) mass is 454 g/mol. The third kappa shape index (κ3) is 5.31. The van der Waals surface area contributed by atoms with Crippen molar-refractivity contribution in [2.45, 2.75) is 69.6 Å². The summed E-state index contributed by atoms with van der Waals surface area (Å²) < 4.78 is 8.03. The molecule has 2 aliphatic carbocycles. The predicted molar refractivity (Wildman–Crippen MR) is 120 cm³/mol. The van der Waals surface area contributed by atoms with Crippen LogP contribution in [0.25, 0.3) is 0 Å². The van der Waals surface area contributed by atoms with Gasteiger partial charge in [0.25, 0.3) is 5.91 Å². The van der Waals surface area contributed by atoms with Crippen molar-refractivity contribution < 1.29 is 14.3 Å². The second-order valence-corrected chi connectivity index (χ2v) is 9.14. The number of rotatable bonds is 6. The van der Waals surface area contributed by atoms with E-state index in [9.17, 15) is 9.59 Å². The minimum absolute atomic E-state index is 0.0628. The summed E-state index contributed by atoms with van der Waals surface area (Å²) in [6.07, 6.45) is 11.7. The fourth-order valence-electron chi connectivity index (χ4n) is 4.63. The van der Waals surface area contributed by atoms with E-state index in [0.29, 0.717) is 28.1 Å². The van der Waals surface area contributed by atoms with Gasteiger partial charge in [-0.3, -0.25) is 4.79 Å². The van der Waals surface area contributed by atoms with Crippen molar-refractivity contribution in [1.82, 2.24) is 14.9 Å². The SMILES string of the molecule is N#Cc1ccc(OC2CCC(NC(=O)c3cn(C4CCC(C=O)CC4)cn3)CC2)cc1Cl. The first-order valence-electron chi connectivity index (χ1n) is 11.2. The quantitative estimate of drug-likeness (QED) is 0.650. The van der Waals surface area contributed by atoms with Crippen LogP contribution in [0.4, 0.5) is 0 Å². The Labute approximate surface area is 192 Å². The van der Waals surface area contributed by atoms with Gasteiger partial charge in [0.2, 0.25) is 0 Å². The van der Waals surface area contributed by atoms with E-state index >= 15 is 0 Å². The average molecular weight is 455 g/mol. The maximum absolute atomic E-state index is 12.7. The number of benzene rings is 1. The minimum atomic E-state index is -0.145. The average Bonchev–Trinajstić information content (AvgIpc) is 3.31. The van der Waals surface area contributed by atoms with Gasteiger partial charge < -0.3 is 19.4 Å². The number of ether oxygens (including phenoxy) is 1. The summed E-state index contributed by atoms with van der Waals surface area (Å²) in [5, 5.41) is 12.5. The fraction of sp³-hybridized carbons (Fsp3) is 0.500. The summed E-state index contributed by atoms with van der Waals surface area (Å²) in [4.78, 5) is 27.9. The van der Waals surface area contributed by atoms with Gasteiger partial charge in [0.05, 0.1) is 23.0 Å². The number of carbonyl (C=O) groups excluding carboxylic acids is 2. The van der Waals surface area contributed by atoms with E-state index in [0.717, 1.165) is 57.7 Å². The van der Waals surface area contributed by atoms with E-state index in [4.69, 9.17) is 21.6 Å². The number of nitriles is 1. The third-order valence-electron chi connectivity index (χ3n) is 6.56. The molecule has 7 nitrogen and oxygen atoms in total. The maximum atomic E-state index is 12.7. The molecule has 0 aliphatic heterocycles. The first-order valence-corrected chi connectivity index (χ1v) is 11.6. The van der Waals surface area contributed by atoms with Crippen LogP contribution in [-0.2, 0) is 4.79 Å². The number of hydrogen-bond acceptors (Lipinski definition) is 5. The molecule has 0 saturated heterocycles. The second-order valence-electron chi connectivity index (χ2n) is 8.73. The highest BCUT2D eigenvalue weighted by Gasteiger charge is 2.26. The molecule has 2 aromatic rings. The van der Waals surface area contributed by atoms with Gasteiger partial charge in [-0.15, -0.1) is 0 Å². The molecule has 4 rings (SSSR count). The molecular formula is C24H27ClN4O3. The van der Waals surface area contributed by atoms with Gasteiger partial charge in [-0.1, -0.05) is 11.6 Å². The molecule has 1 N–H and O–H groups in total. The largest absolute Gasteiger partial charge is 0.490 e. The molecule has 0 bridgehead atoms. The summed E-state index contributed by atoms with van der Waals surface area (Å²) in [5.41, 5.74) is 0.870. The number of nitrogens with one attached hydrogen (secondary N) is 1. The van der Waals surface area contributed by atoms with Crippen LogP contribution in [0.2, 0.25) is 5.02 Å². The Morgan fingerprint density at radius 3 is 2.59 bits per heavy atom. The normalized spacial score (nSPS) is 25.5. The van der Waals surface area contributed by atoms with Gasteiger partial charge >= 0.3 is 0 Å². The highest BCUT2D eigenvalue weighted by Crippen LogP contribution is 2.31. The molecule has 1 aromatic carbocycles. The van der Waals surface area contributed by atoms with Gasteiger partial charge in [-0.05, 0) is 63.5 Å². The highest BCUT2D eigenvalue weighted by molar-refractivity contribution is 6.31. The summed E-state index contributed by atoms with van der Waals surface area (Å²) in [7, 11) is 0. The van der Waals surface area contributed by atoms with Crippen molar-refractivity contribution in [2.75, 3.05) is 0 Å². The van der Waals surface area contributed by atoms with E-state index in [1.54, 1.807) is 24.5 Å². The Hall–Kier alpha value is -2.85. The zero-order chi connectivity index (χ0) is 22.5. The molecule has 2 fully saturated rings. The molecule has 1 heterocycles. The first-order chi connectivity index (χ1) is 15.6. The molecule has 0 spiro atoms. The van der Waals surface area contributed by atoms with E-state index < -0.39 is 0 Å². The van der Waals surface area contributed by atoms with Crippen LogP contribution in [-0.4, -0.2) is 33.9 Å². The van der Waals surface area contributed by atoms with Gasteiger partial charge in [-0.25, -0.2) is 4.98 Å². The third-order valence-corrected chi connectivity index (χ3v) is 6.88. The summed E-state index contributed by atoms with van der Waals surface area (Å²) in [6, 6.07) is 7.55. The van der Waals surface area contributed by atoms with Crippen molar-refractivity contribution in [3.8, 4) is 11.8 Å². The second kappa shape index (κ2) is 10.2. The summed E-state index contributed by atoms with van der Waals surface area (Å²) in [5.74, 6) is 0.688. The van der Waals surface area contributed by atoms with Gasteiger partial charge in [0.1, 0.15) is 23.8 Å². The van der Waals surface area contributed by atoms with Gasteiger partial charge in [0, 0.05) is 30.3 Å². The fourth-order valence-corrected chi connectivity index (χ4v) is 4.84. The number of halogens is 1. The number of hydrogen-bond donors (Lipinski definition) is 1. The van der Waals surface area contributed by atoms with Crippen LogP contribution in [0.1, 0.15) is 73.5 Å². The molecular weight excluding hydrogens is 428 g/mol. The number of carbonyl (C=O) groups is 2. The van der Waals surface area contributed by atoms with Gasteiger partial charge in [-0.2, -0.15) is 5.26 Å². The zero-order valence-corrected chi connectivity index (χ0v) is 18.6. The molecule has 168 valence electrons. The van der Waals surface area contributed by atoms with Crippen LogP contribution in [0, 0.1) is 17.2 Å². The Morgan fingerprint density at radius 1 is 1.19 bits per heavy atom. The van der Waals surface area contributed by atoms with Crippen molar-refractivity contribution in [3.05, 3.63) is 47.0 Å². The lowest BCUT2D eigenvalue weighted by Gasteiger charge is -2.29. The number of nitrogens with zero attached hydrogens (tertiary/aromatic N) is 3. The lowest BCUT2D eigenvalue weighted by atomic mass is 9.87. The minimum Gasteiger partial charge on any atom is -0.490 e. The number of amides is 1. The van der Waals surface area contributed by atoms with E-state index in [-0.39, 0.29) is 24.0 Å². The summed E-state index contributed by atoms with van der Waals surface area (Å²) in [6.45, 7) is 0. The standard InChI is InChI=1S/C24H27ClN4O3/c25-22-11-21(8-3-17(22)12-26)32-20-9-4-18(5-10-20)28-24(31)23-13-29(15-27-23)19-6-1-16(14-30)2-7-19/h3,8,11,13-16,18-20H,1-2,4-7,9-10H2,(H,28,31). The van der Waals surface area contributed by atoms with Crippen molar-refractivity contribution in [1.29, 1.82) is 5.26 Å². The molecule has 0 atom stereocenters. The van der Waals surface area contributed by atoms with E-state index in [2.05, 4.69) is 10.3 Å². The molecule has 2 saturated carbocycles. The van der Waals surface area contributed by atoms with Crippen LogP contribution in [0.15, 0.2) is 30.7 Å². The van der Waals surface area contributed by atoms with Crippen LogP contribution < -0.4 is 10.1 Å². The van der Waals surface area contributed by atoms with Crippen molar-refractivity contribution in [3.63, 3.8) is 0 Å². The Bertz CT molecular complexity index is 999. The summed E-state index contributed by atoms with van der Waals surface area (Å²) >= 11 is 6.08. The predicted octanol–water partition coefficient (Wildman–Crippen LogP) is 4.46. The number of aromatic nitrogens is 2. The lowest BCUT2D eigenvalue weighted by molar-refractivity contribution is -0.112. The molecule has 0 radical (unpaired) electrons. The van der Waals surface area contributed by atoms with Gasteiger partial charge in [0.15, 0.2) is 0 Å². The Balaban J connectivity index is 1.24. The first kappa shape index (κ1) is 22.3. The Morgan fingerprint density at radius 2 is 1.94 bits per heavy atom. The van der Waals surface area contributed by atoms with Crippen molar-refractivity contribution in [2.24, 2.45) is 5.92 Å². The molecule has 0 unspecified atom stereocenters. The smallest absolute Gasteiger partial charge is 0.271 e. The number of aldehydes is 1. The van der Waals surface area contributed by atoms with Crippen LogP contribution in [0.5, 0.6) is 5.75 Å². The molecule has 32 heavy (non-hydrogen) atoms. The van der Waals surface area contributed by atoms with Crippen LogP contribution in [0.3, 0.4) is 0 Å². The topological polar surface area (TPSA) is 97.0 Å². The molecule has 8 heteroatoms. The molecule has 1 aromatic heterocycles. The number of imidazole rings is 1. The van der Waals surface area contributed by atoms with Crippen molar-refractivity contribution >= 4 is 23.8 Å². The van der Waals surface area contributed by atoms with Crippen LogP contribution >= 0.6 is 11.6 Å². The highest BCUT2D eigenvalue weighted by atomic mass is 35.5. The van der Waals surface area contributed by atoms with E-state index in [1.165, 1.54) is 0 Å². The Kier molecular flexibility index (Phi) is 7.11. The molecule has 2 aliphatic rings. The zero-order valence-electron chi connectivity index (χ0n) is 17.9. The van der Waals surface area contributed by atoms with E-state index in [1.807, 2.05) is 16.8 Å². The molecule has 1 amide bonds. The maximum Gasteiger partial charge on any atom is 0.271 e. The lowest BCUT2D eigenvalue weighted by Crippen LogP contribution is -2.39.